The summed E-state index contributed by atoms with van der Waals surface area (Å²) < 4.78 is 46.7. The number of rotatable bonds is 5. The summed E-state index contributed by atoms with van der Waals surface area (Å²) in [7, 11) is 0. The number of halogens is 4. The van der Waals surface area contributed by atoms with E-state index in [2.05, 4.69) is 15.4 Å². The van der Waals surface area contributed by atoms with Gasteiger partial charge in [0.2, 0.25) is 0 Å². The molecule has 0 radical (unpaired) electrons. The third kappa shape index (κ3) is 4.73. The van der Waals surface area contributed by atoms with Crippen LogP contribution in [0.25, 0.3) is 28.3 Å². The first-order valence-corrected chi connectivity index (χ1v) is 11.0. The molecule has 0 aliphatic heterocycles. The van der Waals surface area contributed by atoms with Crippen LogP contribution >= 0.6 is 11.6 Å². The number of nitrogens with one attached hydrogen (secondary N) is 1. The van der Waals surface area contributed by atoms with Gasteiger partial charge >= 0.3 is 6.18 Å². The molecule has 0 atom stereocenters. The molecule has 1 amide bonds. The average molecular weight is 509 g/mol. The van der Waals surface area contributed by atoms with E-state index in [1.807, 2.05) is 0 Å². The van der Waals surface area contributed by atoms with E-state index in [0.29, 0.717) is 28.3 Å². The third-order valence-corrected chi connectivity index (χ3v) is 5.70. The molecule has 36 heavy (non-hydrogen) atoms. The lowest BCUT2D eigenvalue weighted by atomic mass is 10.1. The molecule has 0 aliphatic carbocycles. The van der Waals surface area contributed by atoms with Crippen LogP contribution < -0.4 is 5.32 Å². The fraction of sp³-hybridized carbons (Fsp3) is 0.0385. The Morgan fingerprint density at radius 3 is 2.28 bits per heavy atom. The van der Waals surface area contributed by atoms with Gasteiger partial charge in [-0.3, -0.25) is 4.79 Å². The molecule has 0 fully saturated rings. The standard InChI is InChI=1S/C26H16ClF3N4O2/c27-20-3-1-2-4-21(20)34-22(13-24(33-34)26(28,29)30)16-5-7-18(8-6-16)25(35)32-19-11-9-17(10-12-19)23-14-31-15-36-23/h1-15H,(H,32,35). The van der Waals surface area contributed by atoms with Crippen LogP contribution in [-0.4, -0.2) is 20.7 Å². The molecule has 10 heteroatoms. The Kier molecular flexibility index (Phi) is 6.07. The van der Waals surface area contributed by atoms with Crippen molar-refractivity contribution in [2.75, 3.05) is 5.32 Å². The summed E-state index contributed by atoms with van der Waals surface area (Å²) >= 11 is 6.22. The smallest absolute Gasteiger partial charge is 0.435 e. The van der Waals surface area contributed by atoms with Gasteiger partial charge in [0.05, 0.1) is 22.6 Å². The largest absolute Gasteiger partial charge is 0.444 e. The van der Waals surface area contributed by atoms with Gasteiger partial charge in [0.25, 0.3) is 5.91 Å². The molecular formula is C26H16ClF3N4O2. The van der Waals surface area contributed by atoms with Gasteiger partial charge in [0.1, 0.15) is 0 Å². The van der Waals surface area contributed by atoms with Gasteiger partial charge in [-0.15, -0.1) is 0 Å². The fourth-order valence-corrected chi connectivity index (χ4v) is 3.82. The Balaban J connectivity index is 1.40. The number of aromatic nitrogens is 3. The minimum atomic E-state index is -4.63. The lowest BCUT2D eigenvalue weighted by molar-refractivity contribution is -0.141. The van der Waals surface area contributed by atoms with Crippen molar-refractivity contribution in [3.63, 3.8) is 0 Å². The quantitative estimate of drug-likeness (QED) is 0.274. The highest BCUT2D eigenvalue weighted by Gasteiger charge is 2.35. The number of hydrogen-bond donors (Lipinski definition) is 1. The van der Waals surface area contributed by atoms with Crippen molar-refractivity contribution in [3.8, 4) is 28.3 Å². The molecule has 0 spiro atoms. The summed E-state index contributed by atoms with van der Waals surface area (Å²) in [5.41, 5.74) is 1.59. The molecule has 3 aromatic carbocycles. The van der Waals surface area contributed by atoms with Crippen molar-refractivity contribution >= 4 is 23.2 Å². The van der Waals surface area contributed by atoms with E-state index in [1.54, 1.807) is 66.9 Å². The molecule has 180 valence electrons. The van der Waals surface area contributed by atoms with Gasteiger partial charge in [0.15, 0.2) is 17.8 Å². The summed E-state index contributed by atoms with van der Waals surface area (Å²) in [5, 5.41) is 6.79. The second kappa shape index (κ2) is 9.35. The highest BCUT2D eigenvalue weighted by molar-refractivity contribution is 6.32. The third-order valence-electron chi connectivity index (χ3n) is 5.38. The minimum Gasteiger partial charge on any atom is -0.444 e. The molecular weight excluding hydrogens is 493 g/mol. The lowest BCUT2D eigenvalue weighted by Crippen LogP contribution is -2.11. The Hall–Kier alpha value is -4.37. The Morgan fingerprint density at radius 1 is 0.944 bits per heavy atom. The summed E-state index contributed by atoms with van der Waals surface area (Å²) in [4.78, 5) is 16.6. The van der Waals surface area contributed by atoms with E-state index in [9.17, 15) is 18.0 Å². The molecule has 5 rings (SSSR count). The molecule has 0 aliphatic rings. The number of carbonyl (C=O) groups is 1. The van der Waals surface area contributed by atoms with Crippen molar-refractivity contribution in [2.24, 2.45) is 0 Å². The van der Waals surface area contributed by atoms with E-state index < -0.39 is 11.9 Å². The molecule has 2 heterocycles. The monoisotopic (exact) mass is 508 g/mol. The number of oxazole rings is 1. The maximum absolute atomic E-state index is 13.4. The maximum Gasteiger partial charge on any atom is 0.435 e. The Labute approximate surface area is 208 Å². The number of para-hydroxylation sites is 1. The number of hydrogen-bond acceptors (Lipinski definition) is 4. The van der Waals surface area contributed by atoms with Gasteiger partial charge in [0, 0.05) is 22.4 Å². The summed E-state index contributed by atoms with van der Waals surface area (Å²) in [6.07, 6.45) is -1.71. The van der Waals surface area contributed by atoms with Crippen LogP contribution in [0.3, 0.4) is 0 Å². The summed E-state index contributed by atoms with van der Waals surface area (Å²) in [5.74, 6) is 0.234. The molecule has 2 aromatic heterocycles. The SMILES string of the molecule is O=C(Nc1ccc(-c2cnco2)cc1)c1ccc(-c2cc(C(F)(F)F)nn2-c2ccccc2Cl)cc1. The number of anilines is 1. The Bertz CT molecular complexity index is 1510. The van der Waals surface area contributed by atoms with Gasteiger partial charge in [-0.1, -0.05) is 35.9 Å². The average Bonchev–Trinajstić information content (AvgIpc) is 3.56. The summed E-state index contributed by atoms with van der Waals surface area (Å²) in [6.45, 7) is 0. The van der Waals surface area contributed by atoms with Gasteiger partial charge in [-0.25, -0.2) is 9.67 Å². The van der Waals surface area contributed by atoms with Crippen molar-refractivity contribution in [3.05, 3.63) is 108 Å². The minimum absolute atomic E-state index is 0.186. The fourth-order valence-electron chi connectivity index (χ4n) is 3.60. The predicted octanol–water partition coefficient (Wildman–Crippen LogP) is 7.12. The predicted molar refractivity (Wildman–Crippen MR) is 129 cm³/mol. The highest BCUT2D eigenvalue weighted by atomic mass is 35.5. The zero-order valence-corrected chi connectivity index (χ0v) is 19.1. The van der Waals surface area contributed by atoms with Crippen LogP contribution in [0.2, 0.25) is 5.02 Å². The Morgan fingerprint density at radius 2 is 1.64 bits per heavy atom. The lowest BCUT2D eigenvalue weighted by Gasteiger charge is -2.10. The number of amides is 1. The van der Waals surface area contributed by atoms with E-state index in [0.717, 1.165) is 16.3 Å². The second-order valence-electron chi connectivity index (χ2n) is 7.75. The zero-order valence-electron chi connectivity index (χ0n) is 18.3. The molecule has 5 aromatic rings. The van der Waals surface area contributed by atoms with Crippen LogP contribution in [0.15, 0.2) is 95.9 Å². The molecule has 1 N–H and O–H groups in total. The van der Waals surface area contributed by atoms with Crippen molar-refractivity contribution in [2.45, 2.75) is 6.18 Å². The number of carbonyl (C=O) groups excluding carboxylic acids is 1. The van der Waals surface area contributed by atoms with Crippen LogP contribution in [0, 0.1) is 0 Å². The van der Waals surface area contributed by atoms with E-state index in [-0.39, 0.29) is 16.6 Å². The highest BCUT2D eigenvalue weighted by Crippen LogP contribution is 2.34. The topological polar surface area (TPSA) is 73.0 Å². The van der Waals surface area contributed by atoms with Gasteiger partial charge in [-0.2, -0.15) is 18.3 Å². The van der Waals surface area contributed by atoms with Gasteiger partial charge < -0.3 is 9.73 Å². The van der Waals surface area contributed by atoms with E-state index >= 15 is 0 Å². The number of benzene rings is 3. The molecule has 6 nitrogen and oxygen atoms in total. The first kappa shape index (κ1) is 23.4. The molecule has 0 bridgehead atoms. The van der Waals surface area contributed by atoms with Crippen LogP contribution in [0.4, 0.5) is 18.9 Å². The van der Waals surface area contributed by atoms with Crippen LogP contribution in [-0.2, 0) is 6.18 Å². The van der Waals surface area contributed by atoms with Crippen molar-refractivity contribution in [1.29, 1.82) is 0 Å². The second-order valence-corrected chi connectivity index (χ2v) is 8.16. The van der Waals surface area contributed by atoms with Crippen LogP contribution in [0.1, 0.15) is 16.1 Å². The van der Waals surface area contributed by atoms with Crippen molar-refractivity contribution in [1.82, 2.24) is 14.8 Å². The number of alkyl halides is 3. The van der Waals surface area contributed by atoms with E-state index in [1.165, 1.54) is 18.5 Å². The summed E-state index contributed by atoms with van der Waals surface area (Å²) in [6, 6.07) is 20.6. The normalized spacial score (nSPS) is 11.4. The zero-order chi connectivity index (χ0) is 25.3. The van der Waals surface area contributed by atoms with Crippen molar-refractivity contribution < 1.29 is 22.4 Å². The van der Waals surface area contributed by atoms with E-state index in [4.69, 9.17) is 16.0 Å². The molecule has 0 unspecified atom stereocenters. The van der Waals surface area contributed by atoms with Crippen LogP contribution in [0.5, 0.6) is 0 Å². The number of nitrogens with zero attached hydrogens (tertiary/aromatic N) is 3. The van der Waals surface area contributed by atoms with Gasteiger partial charge in [-0.05, 0) is 54.6 Å². The first-order valence-electron chi connectivity index (χ1n) is 10.6. The first-order chi connectivity index (χ1) is 17.3. The maximum atomic E-state index is 13.4. The molecule has 0 saturated heterocycles. The molecule has 0 saturated carbocycles.